The molecular weight excluding hydrogens is 461 g/mol. The van der Waals surface area contributed by atoms with Crippen LogP contribution >= 0.6 is 0 Å². The SMILES string of the molecule is Cc1cc(F)c(C(=O)Nc2cccc(-c3nncn3[C@H](C)CO)n2)cc1C1CC1CC(=O)C(C)(C)C. The van der Waals surface area contributed by atoms with Crippen LogP contribution in [0.3, 0.4) is 0 Å². The summed E-state index contributed by atoms with van der Waals surface area (Å²) in [6.07, 6.45) is 2.85. The van der Waals surface area contributed by atoms with Gasteiger partial charge in [0.05, 0.1) is 18.2 Å². The Hall–Kier alpha value is -3.46. The summed E-state index contributed by atoms with van der Waals surface area (Å²) in [4.78, 5) is 29.9. The first-order valence-corrected chi connectivity index (χ1v) is 12.1. The fraction of sp³-hybridized carbons (Fsp3) is 0.444. The summed E-state index contributed by atoms with van der Waals surface area (Å²) in [5.41, 5.74) is 1.69. The van der Waals surface area contributed by atoms with Crippen molar-refractivity contribution in [2.45, 2.75) is 59.4 Å². The van der Waals surface area contributed by atoms with Crippen molar-refractivity contribution < 1.29 is 19.1 Å². The number of halogens is 1. The number of aryl methyl sites for hydroxylation is 1. The molecule has 0 spiro atoms. The second-order valence-corrected chi connectivity index (χ2v) is 10.6. The number of aliphatic hydroxyl groups is 1. The molecule has 0 aliphatic heterocycles. The van der Waals surface area contributed by atoms with Crippen molar-refractivity contribution >= 4 is 17.5 Å². The van der Waals surface area contributed by atoms with E-state index in [-0.39, 0.29) is 47.1 Å². The topological polar surface area (TPSA) is 110 Å². The fourth-order valence-corrected chi connectivity index (χ4v) is 4.31. The number of carbonyl (C=O) groups excluding carboxylic acids is 2. The van der Waals surface area contributed by atoms with Gasteiger partial charge in [-0.25, -0.2) is 9.37 Å². The van der Waals surface area contributed by atoms with Crippen LogP contribution < -0.4 is 5.32 Å². The third-order valence-electron chi connectivity index (χ3n) is 6.74. The van der Waals surface area contributed by atoms with Crippen molar-refractivity contribution in [3.8, 4) is 11.5 Å². The Morgan fingerprint density at radius 1 is 1.28 bits per heavy atom. The maximum atomic E-state index is 14.8. The van der Waals surface area contributed by atoms with Gasteiger partial charge in [0.25, 0.3) is 5.91 Å². The Morgan fingerprint density at radius 3 is 2.72 bits per heavy atom. The van der Waals surface area contributed by atoms with Gasteiger partial charge in [-0.05, 0) is 67.5 Å². The zero-order valence-corrected chi connectivity index (χ0v) is 21.2. The molecular formula is C27H32FN5O3. The van der Waals surface area contributed by atoms with E-state index >= 15 is 0 Å². The molecule has 2 aromatic heterocycles. The lowest BCUT2D eigenvalue weighted by atomic mass is 9.87. The number of hydrogen-bond acceptors (Lipinski definition) is 6. The Morgan fingerprint density at radius 2 is 2.03 bits per heavy atom. The lowest BCUT2D eigenvalue weighted by molar-refractivity contribution is -0.126. The summed E-state index contributed by atoms with van der Waals surface area (Å²) in [5, 5.41) is 20.1. The quantitative estimate of drug-likeness (QED) is 0.471. The molecule has 3 aromatic rings. The Labute approximate surface area is 210 Å². The van der Waals surface area contributed by atoms with Crippen LogP contribution in [0, 0.1) is 24.1 Å². The molecule has 8 nitrogen and oxygen atoms in total. The van der Waals surface area contributed by atoms with E-state index in [1.54, 1.807) is 28.8 Å². The molecule has 1 aliphatic rings. The van der Waals surface area contributed by atoms with Gasteiger partial charge in [0.2, 0.25) is 0 Å². The van der Waals surface area contributed by atoms with Crippen LogP contribution in [-0.4, -0.2) is 43.2 Å². The highest BCUT2D eigenvalue weighted by Gasteiger charge is 2.42. The second-order valence-electron chi connectivity index (χ2n) is 10.6. The van der Waals surface area contributed by atoms with E-state index in [0.717, 1.165) is 17.5 Å². The van der Waals surface area contributed by atoms with Crippen molar-refractivity contribution in [1.82, 2.24) is 19.7 Å². The van der Waals surface area contributed by atoms with Crippen LogP contribution in [0.2, 0.25) is 0 Å². The van der Waals surface area contributed by atoms with E-state index in [0.29, 0.717) is 17.9 Å². The molecule has 1 aromatic carbocycles. The van der Waals surface area contributed by atoms with Crippen LogP contribution in [0.5, 0.6) is 0 Å². The number of carbonyl (C=O) groups is 2. The van der Waals surface area contributed by atoms with E-state index in [1.165, 1.54) is 12.4 Å². The van der Waals surface area contributed by atoms with E-state index in [2.05, 4.69) is 20.5 Å². The van der Waals surface area contributed by atoms with E-state index < -0.39 is 11.7 Å². The minimum absolute atomic E-state index is 0.0623. The first kappa shape index (κ1) is 25.6. The predicted octanol–water partition coefficient (Wildman–Crippen LogP) is 4.70. The van der Waals surface area contributed by atoms with Crippen molar-refractivity contribution in [3.05, 3.63) is 59.2 Å². The minimum atomic E-state index is -0.607. The molecule has 0 saturated heterocycles. The number of rotatable bonds is 8. The number of nitrogens with one attached hydrogen (secondary N) is 1. The number of pyridine rings is 1. The number of Topliss-reactive ketones (excluding diaryl/α,β-unsaturated/α-hetero) is 1. The number of anilines is 1. The van der Waals surface area contributed by atoms with Gasteiger partial charge in [-0.2, -0.15) is 0 Å². The zero-order chi connectivity index (χ0) is 26.2. The number of aliphatic hydroxyl groups excluding tert-OH is 1. The number of hydrogen-bond donors (Lipinski definition) is 2. The minimum Gasteiger partial charge on any atom is -0.394 e. The number of nitrogens with zero attached hydrogens (tertiary/aromatic N) is 4. The summed E-state index contributed by atoms with van der Waals surface area (Å²) >= 11 is 0. The van der Waals surface area contributed by atoms with Crippen LogP contribution in [0.15, 0.2) is 36.7 Å². The Balaban J connectivity index is 1.53. The highest BCUT2D eigenvalue weighted by atomic mass is 19.1. The number of amides is 1. The van der Waals surface area contributed by atoms with Gasteiger partial charge < -0.3 is 15.0 Å². The molecule has 190 valence electrons. The number of aromatic nitrogens is 4. The van der Waals surface area contributed by atoms with Crippen LogP contribution in [0.4, 0.5) is 10.2 Å². The van der Waals surface area contributed by atoms with Gasteiger partial charge in [0.15, 0.2) is 5.82 Å². The highest BCUT2D eigenvalue weighted by Crippen LogP contribution is 2.51. The molecule has 1 amide bonds. The van der Waals surface area contributed by atoms with E-state index in [4.69, 9.17) is 0 Å². The summed E-state index contributed by atoms with van der Waals surface area (Å²) in [5.74, 6) is 0.0452. The third-order valence-corrected chi connectivity index (χ3v) is 6.74. The smallest absolute Gasteiger partial charge is 0.259 e. The van der Waals surface area contributed by atoms with Gasteiger partial charge in [0, 0.05) is 11.8 Å². The summed E-state index contributed by atoms with van der Waals surface area (Å²) < 4.78 is 16.5. The van der Waals surface area contributed by atoms with Crippen LogP contribution in [-0.2, 0) is 4.79 Å². The largest absolute Gasteiger partial charge is 0.394 e. The summed E-state index contributed by atoms with van der Waals surface area (Å²) in [6, 6.07) is 7.78. The molecule has 2 N–H and O–H groups in total. The van der Waals surface area contributed by atoms with Gasteiger partial charge in [-0.1, -0.05) is 26.8 Å². The van der Waals surface area contributed by atoms with Gasteiger partial charge in [-0.15, -0.1) is 10.2 Å². The Kier molecular flexibility index (Phi) is 7.04. The predicted molar refractivity (Wildman–Crippen MR) is 134 cm³/mol. The lowest BCUT2D eigenvalue weighted by Gasteiger charge is -2.16. The molecule has 36 heavy (non-hydrogen) atoms. The maximum Gasteiger partial charge on any atom is 0.259 e. The molecule has 3 atom stereocenters. The van der Waals surface area contributed by atoms with E-state index in [9.17, 15) is 19.1 Å². The lowest BCUT2D eigenvalue weighted by Crippen LogP contribution is -2.20. The van der Waals surface area contributed by atoms with E-state index in [1.807, 2.05) is 34.6 Å². The average Bonchev–Trinajstić information content (AvgIpc) is 3.38. The fourth-order valence-electron chi connectivity index (χ4n) is 4.31. The average molecular weight is 494 g/mol. The molecule has 1 fully saturated rings. The first-order chi connectivity index (χ1) is 17.0. The normalized spacial score (nSPS) is 18.1. The highest BCUT2D eigenvalue weighted by molar-refractivity contribution is 6.04. The molecule has 1 saturated carbocycles. The van der Waals surface area contributed by atoms with Gasteiger partial charge in [-0.3, -0.25) is 9.59 Å². The van der Waals surface area contributed by atoms with Crippen LogP contribution in [0.25, 0.3) is 11.5 Å². The van der Waals surface area contributed by atoms with Crippen molar-refractivity contribution in [2.24, 2.45) is 11.3 Å². The first-order valence-electron chi connectivity index (χ1n) is 12.1. The summed E-state index contributed by atoms with van der Waals surface area (Å²) in [6.45, 7) is 9.30. The number of ketones is 1. The van der Waals surface area contributed by atoms with Crippen LogP contribution in [0.1, 0.15) is 74.0 Å². The molecule has 2 heterocycles. The summed E-state index contributed by atoms with van der Waals surface area (Å²) in [7, 11) is 0. The molecule has 2 unspecified atom stereocenters. The zero-order valence-electron chi connectivity index (χ0n) is 21.2. The monoisotopic (exact) mass is 493 g/mol. The molecule has 0 bridgehead atoms. The Bertz CT molecular complexity index is 1300. The van der Waals surface area contributed by atoms with Crippen molar-refractivity contribution in [1.29, 1.82) is 0 Å². The maximum absolute atomic E-state index is 14.8. The second kappa shape index (κ2) is 9.89. The third kappa shape index (κ3) is 5.36. The van der Waals surface area contributed by atoms with Gasteiger partial charge >= 0.3 is 0 Å². The van der Waals surface area contributed by atoms with Crippen molar-refractivity contribution in [3.63, 3.8) is 0 Å². The molecule has 9 heteroatoms. The van der Waals surface area contributed by atoms with Crippen molar-refractivity contribution in [2.75, 3.05) is 11.9 Å². The molecule has 0 radical (unpaired) electrons. The standard InChI is InChI=1S/C27H32FN5O3/c1-15-9-21(28)20(12-18(15)19-10-17(19)11-23(35)27(3,4)5)26(36)31-24-8-6-7-22(30-24)25-32-29-14-33(25)16(2)13-34/h6-9,12,14,16-17,19,34H,10-11,13H2,1-5H3,(H,30,31,36)/t16-,17?,19?/m1/s1. The molecule has 1 aliphatic carbocycles. The molecule has 4 rings (SSSR count). The van der Waals surface area contributed by atoms with Gasteiger partial charge in [0.1, 0.15) is 29.4 Å². The number of benzene rings is 1.